The normalized spacial score (nSPS) is 14.1. The van der Waals surface area contributed by atoms with Gasteiger partial charge in [-0.1, -0.05) is 6.08 Å². The fourth-order valence-electron chi connectivity index (χ4n) is 3.53. The number of hydrogen-bond acceptors (Lipinski definition) is 10. The Bertz CT molecular complexity index is 1070. The van der Waals surface area contributed by atoms with Gasteiger partial charge in [-0.15, -0.1) is 0 Å². The van der Waals surface area contributed by atoms with Gasteiger partial charge in [-0.2, -0.15) is 15.0 Å². The van der Waals surface area contributed by atoms with E-state index in [0.717, 1.165) is 6.20 Å². The molecule has 3 rings (SSSR count). The number of nitrogens with zero attached hydrogens (tertiary/aromatic N) is 7. The molecule has 1 saturated heterocycles. The van der Waals surface area contributed by atoms with E-state index in [1.165, 1.54) is 6.08 Å². The van der Waals surface area contributed by atoms with Crippen LogP contribution in [0, 0.1) is 0 Å². The minimum Gasteiger partial charge on any atom is -0.368 e. The number of piperazine rings is 1. The standard InChI is InChI=1S/C21H28F2N10O2/c1-2-5-14(34)26-7-4-3-6-15(35)32-8-10-33(11-9-32)21-30-18(29-20(25)31-21)13-12-27-19(24)28-16(13)17(22)23/h2,5,12,17H,3-4,6-11H2,1H3,(H,26,34)(H2,24,27,28)(H2,25,29,30,31)/b5-2+. The number of nitrogen functional groups attached to an aromatic ring is 2. The zero-order valence-corrected chi connectivity index (χ0v) is 19.3. The molecule has 1 aliphatic rings. The molecule has 2 aromatic rings. The van der Waals surface area contributed by atoms with Crippen molar-refractivity contribution in [2.75, 3.05) is 49.1 Å². The van der Waals surface area contributed by atoms with Crippen LogP contribution in [0.2, 0.25) is 0 Å². The molecule has 1 fully saturated rings. The molecule has 12 nitrogen and oxygen atoms in total. The van der Waals surface area contributed by atoms with Crippen LogP contribution >= 0.6 is 0 Å². The minimum atomic E-state index is -2.91. The van der Waals surface area contributed by atoms with Crippen molar-refractivity contribution in [1.29, 1.82) is 0 Å². The summed E-state index contributed by atoms with van der Waals surface area (Å²) in [7, 11) is 0. The van der Waals surface area contributed by atoms with Crippen molar-refractivity contribution < 1.29 is 18.4 Å². The first-order valence-corrected chi connectivity index (χ1v) is 11.1. The van der Waals surface area contributed by atoms with Crippen LogP contribution < -0.4 is 21.7 Å². The van der Waals surface area contributed by atoms with E-state index in [4.69, 9.17) is 11.5 Å². The molecule has 0 atom stereocenters. The van der Waals surface area contributed by atoms with Gasteiger partial charge in [0, 0.05) is 45.3 Å². The number of nitrogens with two attached hydrogens (primary N) is 2. The lowest BCUT2D eigenvalue weighted by atomic mass is 10.2. The Morgan fingerprint density at radius 3 is 2.51 bits per heavy atom. The number of unbranched alkanes of at least 4 members (excludes halogenated alkanes) is 1. The first-order valence-electron chi connectivity index (χ1n) is 11.1. The number of alkyl halides is 2. The van der Waals surface area contributed by atoms with Gasteiger partial charge in [0.2, 0.25) is 29.7 Å². The maximum Gasteiger partial charge on any atom is 0.281 e. The zero-order valence-electron chi connectivity index (χ0n) is 19.3. The van der Waals surface area contributed by atoms with Crippen molar-refractivity contribution >= 4 is 29.7 Å². The number of carbonyl (C=O) groups excluding carboxylic acids is 2. The Balaban J connectivity index is 1.57. The second kappa shape index (κ2) is 11.9. The molecule has 0 aliphatic carbocycles. The third-order valence-electron chi connectivity index (χ3n) is 5.28. The van der Waals surface area contributed by atoms with E-state index in [0.29, 0.717) is 52.0 Å². The van der Waals surface area contributed by atoms with E-state index in [1.54, 1.807) is 17.9 Å². The number of carbonyl (C=O) groups is 2. The number of nitrogens with one attached hydrogen (secondary N) is 1. The van der Waals surface area contributed by atoms with Crippen molar-refractivity contribution in [3.63, 3.8) is 0 Å². The highest BCUT2D eigenvalue weighted by Gasteiger charge is 2.25. The fraction of sp³-hybridized carbons (Fsp3) is 0.476. The summed E-state index contributed by atoms with van der Waals surface area (Å²) in [5.74, 6) is -0.406. The molecule has 14 heteroatoms. The SMILES string of the molecule is C/C=C/C(=O)NCCCCC(=O)N1CCN(c2nc(N)nc(-c3cnc(N)nc3C(F)F)n2)CC1. The average Bonchev–Trinajstić information content (AvgIpc) is 2.83. The smallest absolute Gasteiger partial charge is 0.281 e. The third-order valence-corrected chi connectivity index (χ3v) is 5.28. The summed E-state index contributed by atoms with van der Waals surface area (Å²) in [5.41, 5.74) is 10.6. The molecule has 0 bridgehead atoms. The molecule has 0 saturated carbocycles. The molecule has 0 unspecified atom stereocenters. The first kappa shape index (κ1) is 25.6. The highest BCUT2D eigenvalue weighted by molar-refractivity contribution is 5.87. The van der Waals surface area contributed by atoms with Gasteiger partial charge in [0.05, 0.1) is 5.56 Å². The summed E-state index contributed by atoms with van der Waals surface area (Å²) in [5, 5.41) is 2.75. The quantitative estimate of drug-likeness (QED) is 0.340. The van der Waals surface area contributed by atoms with E-state index < -0.39 is 12.1 Å². The van der Waals surface area contributed by atoms with Gasteiger partial charge < -0.3 is 26.6 Å². The second-order valence-corrected chi connectivity index (χ2v) is 7.76. The summed E-state index contributed by atoms with van der Waals surface area (Å²) in [6.07, 6.45) is 3.10. The maximum atomic E-state index is 13.4. The monoisotopic (exact) mass is 490 g/mol. The molecule has 0 radical (unpaired) electrons. The van der Waals surface area contributed by atoms with Crippen LogP contribution in [-0.4, -0.2) is 74.4 Å². The third kappa shape index (κ3) is 7.01. The van der Waals surface area contributed by atoms with Crippen molar-refractivity contribution in [1.82, 2.24) is 35.1 Å². The summed E-state index contributed by atoms with van der Waals surface area (Å²) in [4.78, 5) is 47.2. The summed E-state index contributed by atoms with van der Waals surface area (Å²) in [6, 6.07) is 0. The number of anilines is 3. The van der Waals surface area contributed by atoms with Crippen LogP contribution in [0.15, 0.2) is 18.3 Å². The molecular formula is C21H28F2N10O2. The van der Waals surface area contributed by atoms with Crippen molar-refractivity contribution in [3.8, 4) is 11.4 Å². The van der Waals surface area contributed by atoms with Crippen LogP contribution in [0.1, 0.15) is 38.3 Å². The highest BCUT2D eigenvalue weighted by Crippen LogP contribution is 2.28. The van der Waals surface area contributed by atoms with Gasteiger partial charge in [-0.05, 0) is 25.8 Å². The van der Waals surface area contributed by atoms with E-state index in [9.17, 15) is 18.4 Å². The molecule has 3 heterocycles. The number of hydrogen-bond donors (Lipinski definition) is 3. The van der Waals surface area contributed by atoms with Crippen LogP contribution in [-0.2, 0) is 9.59 Å². The van der Waals surface area contributed by atoms with Crippen LogP contribution in [0.25, 0.3) is 11.4 Å². The Hall–Kier alpha value is -3.97. The number of aromatic nitrogens is 5. The lowest BCUT2D eigenvalue weighted by molar-refractivity contribution is -0.131. The number of rotatable bonds is 9. The molecule has 0 spiro atoms. The molecule has 2 aromatic heterocycles. The van der Waals surface area contributed by atoms with Crippen molar-refractivity contribution in [2.45, 2.75) is 32.6 Å². The number of allylic oxidation sites excluding steroid dienone is 1. The minimum absolute atomic E-state index is 0.0286. The first-order chi connectivity index (χ1) is 16.8. The highest BCUT2D eigenvalue weighted by atomic mass is 19.3. The van der Waals surface area contributed by atoms with E-state index in [-0.39, 0.29) is 41.0 Å². The van der Waals surface area contributed by atoms with Crippen LogP contribution in [0.4, 0.5) is 26.6 Å². The lowest BCUT2D eigenvalue weighted by Gasteiger charge is -2.35. The van der Waals surface area contributed by atoms with Crippen LogP contribution in [0.3, 0.4) is 0 Å². The second-order valence-electron chi connectivity index (χ2n) is 7.76. The van der Waals surface area contributed by atoms with Crippen molar-refractivity contribution in [2.24, 2.45) is 0 Å². The predicted octanol–water partition coefficient (Wildman–Crippen LogP) is 0.942. The fourth-order valence-corrected chi connectivity index (χ4v) is 3.53. The molecule has 5 N–H and O–H groups in total. The van der Waals surface area contributed by atoms with Gasteiger partial charge >= 0.3 is 0 Å². The molecule has 0 aromatic carbocycles. The van der Waals surface area contributed by atoms with Crippen LogP contribution in [0.5, 0.6) is 0 Å². The van der Waals surface area contributed by atoms with Gasteiger partial charge in [-0.3, -0.25) is 9.59 Å². The molecule has 35 heavy (non-hydrogen) atoms. The molecular weight excluding hydrogens is 462 g/mol. The molecule has 2 amide bonds. The van der Waals surface area contributed by atoms with E-state index >= 15 is 0 Å². The largest absolute Gasteiger partial charge is 0.368 e. The topological polar surface area (TPSA) is 169 Å². The Morgan fingerprint density at radius 2 is 1.83 bits per heavy atom. The predicted molar refractivity (Wildman–Crippen MR) is 125 cm³/mol. The maximum absolute atomic E-state index is 13.4. The molecule has 188 valence electrons. The summed E-state index contributed by atoms with van der Waals surface area (Å²) >= 11 is 0. The summed E-state index contributed by atoms with van der Waals surface area (Å²) in [6.45, 7) is 4.06. The number of halogens is 2. The molecule has 1 aliphatic heterocycles. The Morgan fingerprint density at radius 1 is 1.09 bits per heavy atom. The zero-order chi connectivity index (χ0) is 25.4. The summed E-state index contributed by atoms with van der Waals surface area (Å²) < 4.78 is 26.9. The Labute approximate surface area is 200 Å². The van der Waals surface area contributed by atoms with Gasteiger partial charge in [0.15, 0.2) is 5.82 Å². The Kier molecular flexibility index (Phi) is 8.75. The van der Waals surface area contributed by atoms with E-state index in [1.807, 2.05) is 4.90 Å². The average molecular weight is 491 g/mol. The van der Waals surface area contributed by atoms with E-state index in [2.05, 4.69) is 30.2 Å². The number of amides is 2. The van der Waals surface area contributed by atoms with Gasteiger partial charge in [0.25, 0.3) is 6.43 Å². The van der Waals surface area contributed by atoms with Gasteiger partial charge in [0.1, 0.15) is 5.69 Å². The van der Waals surface area contributed by atoms with Crippen molar-refractivity contribution in [3.05, 3.63) is 24.0 Å². The lowest BCUT2D eigenvalue weighted by Crippen LogP contribution is -2.49. The van der Waals surface area contributed by atoms with Gasteiger partial charge in [-0.25, -0.2) is 18.7 Å².